The minimum Gasteiger partial charge on any atom is -0.228 e. The first-order chi connectivity index (χ1) is 25.0. The number of hydrogen-bond acceptors (Lipinski definition) is 2. The van der Waals surface area contributed by atoms with Crippen molar-refractivity contribution in [1.29, 1.82) is 0 Å². The first-order valence-corrected chi connectivity index (χ1v) is 20.6. The van der Waals surface area contributed by atoms with Crippen molar-refractivity contribution in [3.05, 3.63) is 182 Å². The van der Waals surface area contributed by atoms with E-state index < -0.39 is 8.07 Å². The first kappa shape index (κ1) is 30.9. The molecule has 0 fully saturated rings. The van der Waals surface area contributed by atoms with Crippen LogP contribution in [0.25, 0.3) is 78.4 Å². The molecular formula is C48H36N2Si. The lowest BCUT2D eigenvalue weighted by Gasteiger charge is -2.22. The lowest BCUT2D eigenvalue weighted by atomic mass is 9.96. The molecule has 0 saturated carbocycles. The van der Waals surface area contributed by atoms with Gasteiger partial charge >= 0.3 is 0 Å². The van der Waals surface area contributed by atoms with Crippen LogP contribution in [0, 0.1) is 0 Å². The van der Waals surface area contributed by atoms with Gasteiger partial charge in [0.25, 0.3) is 0 Å². The van der Waals surface area contributed by atoms with Gasteiger partial charge in [0.05, 0.1) is 11.4 Å². The third kappa shape index (κ3) is 5.62. The van der Waals surface area contributed by atoms with Crippen LogP contribution in [0.5, 0.6) is 0 Å². The van der Waals surface area contributed by atoms with Crippen LogP contribution in [0.15, 0.2) is 182 Å². The van der Waals surface area contributed by atoms with Gasteiger partial charge in [0.15, 0.2) is 5.82 Å². The van der Waals surface area contributed by atoms with Gasteiger partial charge in [-0.05, 0) is 72.6 Å². The Labute approximate surface area is 300 Å². The molecule has 3 heteroatoms. The lowest BCUT2D eigenvalue weighted by Crippen LogP contribution is -2.50. The zero-order valence-electron chi connectivity index (χ0n) is 28.7. The Morgan fingerprint density at radius 1 is 0.333 bits per heavy atom. The molecule has 0 aliphatic carbocycles. The summed E-state index contributed by atoms with van der Waals surface area (Å²) < 4.78 is 0. The molecule has 0 N–H and O–H groups in total. The Morgan fingerprint density at radius 2 is 0.725 bits per heavy atom. The molecule has 1 aliphatic heterocycles. The van der Waals surface area contributed by atoms with Gasteiger partial charge in [-0.3, -0.25) is 0 Å². The predicted octanol–water partition coefficient (Wildman–Crippen LogP) is 11.3. The van der Waals surface area contributed by atoms with Crippen LogP contribution in [-0.4, -0.2) is 18.0 Å². The quantitative estimate of drug-likeness (QED) is 0.165. The summed E-state index contributed by atoms with van der Waals surface area (Å²) in [6.45, 7) is 4.87. The summed E-state index contributed by atoms with van der Waals surface area (Å²) in [6, 6.07) is 65.2. The molecular weight excluding hydrogens is 633 g/mol. The zero-order chi connectivity index (χ0) is 34.4. The smallest absolute Gasteiger partial charge is 0.160 e. The van der Waals surface area contributed by atoms with E-state index in [2.05, 4.69) is 195 Å². The molecule has 242 valence electrons. The van der Waals surface area contributed by atoms with Crippen molar-refractivity contribution in [3.8, 4) is 78.4 Å². The van der Waals surface area contributed by atoms with Gasteiger partial charge in [0.1, 0.15) is 8.07 Å². The Balaban J connectivity index is 1.12. The summed E-state index contributed by atoms with van der Waals surface area (Å²) in [4.78, 5) is 10.8. The van der Waals surface area contributed by atoms with E-state index in [0.29, 0.717) is 0 Å². The molecule has 51 heavy (non-hydrogen) atoms. The summed E-state index contributed by atoms with van der Waals surface area (Å²) in [7, 11) is -2.06. The highest BCUT2D eigenvalue weighted by atomic mass is 28.3. The van der Waals surface area contributed by atoms with Gasteiger partial charge in [-0.1, -0.05) is 183 Å². The van der Waals surface area contributed by atoms with E-state index in [0.717, 1.165) is 33.9 Å². The zero-order valence-corrected chi connectivity index (χ0v) is 29.7. The van der Waals surface area contributed by atoms with Gasteiger partial charge in [-0.15, -0.1) is 0 Å². The second kappa shape index (κ2) is 12.6. The average molecular weight is 669 g/mol. The maximum Gasteiger partial charge on any atom is 0.160 e. The van der Waals surface area contributed by atoms with Crippen LogP contribution >= 0.6 is 0 Å². The van der Waals surface area contributed by atoms with E-state index in [9.17, 15) is 0 Å². The summed E-state index contributed by atoms with van der Waals surface area (Å²) >= 11 is 0. The maximum atomic E-state index is 5.42. The van der Waals surface area contributed by atoms with Crippen LogP contribution in [-0.2, 0) is 0 Å². The molecule has 2 heterocycles. The lowest BCUT2D eigenvalue weighted by molar-refractivity contribution is 1.20. The third-order valence-corrected chi connectivity index (χ3v) is 13.8. The predicted molar refractivity (Wildman–Crippen MR) is 217 cm³/mol. The normalized spacial score (nSPS) is 12.7. The molecule has 8 aromatic rings. The van der Waals surface area contributed by atoms with Crippen LogP contribution in [0.4, 0.5) is 0 Å². The van der Waals surface area contributed by atoms with E-state index in [1.807, 2.05) is 0 Å². The fraction of sp³-hybridized carbons (Fsp3) is 0.0417. The molecule has 0 unspecified atom stereocenters. The molecule has 0 radical (unpaired) electrons. The molecule has 0 atom stereocenters. The molecule has 1 aliphatic rings. The molecule has 9 rings (SSSR count). The number of fused-ring (bicyclic) bond motifs is 3. The standard InChI is InChI=1S/C48H36N2Si/c1-51(2)44-22-10-9-21-43(44)46-47(51)45(38-29-27-36(28-30-38)34-15-7-4-8-16-34)49-48(50-46)42-20-12-19-41(32-42)40-18-11-17-39(31-40)37-25-23-35(24-26-37)33-13-5-3-6-14-33/h3-32H,1-2H3. The number of rotatable bonds is 6. The molecule has 7 aromatic carbocycles. The van der Waals surface area contributed by atoms with Crippen LogP contribution in [0.3, 0.4) is 0 Å². The molecule has 1 aromatic heterocycles. The van der Waals surface area contributed by atoms with E-state index >= 15 is 0 Å². The van der Waals surface area contributed by atoms with Crippen molar-refractivity contribution in [2.45, 2.75) is 13.1 Å². The third-order valence-electron chi connectivity index (χ3n) is 10.3. The van der Waals surface area contributed by atoms with Crippen molar-refractivity contribution in [2.24, 2.45) is 0 Å². The van der Waals surface area contributed by atoms with Gasteiger partial charge in [-0.2, -0.15) is 0 Å². The van der Waals surface area contributed by atoms with E-state index in [-0.39, 0.29) is 0 Å². The first-order valence-electron chi connectivity index (χ1n) is 17.6. The van der Waals surface area contributed by atoms with Crippen molar-refractivity contribution < 1.29 is 0 Å². The van der Waals surface area contributed by atoms with Gasteiger partial charge < -0.3 is 0 Å². The second-order valence-electron chi connectivity index (χ2n) is 13.8. The minimum atomic E-state index is -2.06. The fourth-order valence-electron chi connectivity index (χ4n) is 7.61. The van der Waals surface area contributed by atoms with Gasteiger partial charge in [0.2, 0.25) is 0 Å². The number of aromatic nitrogens is 2. The average Bonchev–Trinajstić information content (AvgIpc) is 3.44. The van der Waals surface area contributed by atoms with Crippen LogP contribution < -0.4 is 10.4 Å². The van der Waals surface area contributed by atoms with Gasteiger partial charge in [0, 0.05) is 11.1 Å². The van der Waals surface area contributed by atoms with Crippen molar-refractivity contribution >= 4 is 18.4 Å². The monoisotopic (exact) mass is 668 g/mol. The Morgan fingerprint density at radius 3 is 1.31 bits per heavy atom. The Bertz CT molecular complexity index is 2520. The number of hydrogen-bond donors (Lipinski definition) is 0. The highest BCUT2D eigenvalue weighted by Gasteiger charge is 2.41. The van der Waals surface area contributed by atoms with Crippen molar-refractivity contribution in [3.63, 3.8) is 0 Å². The fourth-order valence-corrected chi connectivity index (χ4v) is 10.8. The molecule has 2 nitrogen and oxygen atoms in total. The SMILES string of the molecule is C[Si]1(C)c2ccccc2-c2nc(-c3cccc(-c4cccc(-c5ccc(-c6ccccc6)cc5)c4)c3)nc(-c3ccc(-c4ccccc4)cc3)c21. The van der Waals surface area contributed by atoms with E-state index in [4.69, 9.17) is 9.97 Å². The second-order valence-corrected chi connectivity index (χ2v) is 18.1. The molecule has 0 bridgehead atoms. The minimum absolute atomic E-state index is 0.756. The van der Waals surface area contributed by atoms with Crippen LogP contribution in [0.2, 0.25) is 13.1 Å². The van der Waals surface area contributed by atoms with Crippen LogP contribution in [0.1, 0.15) is 0 Å². The number of benzene rings is 7. The number of nitrogens with zero attached hydrogens (tertiary/aromatic N) is 2. The summed E-state index contributed by atoms with van der Waals surface area (Å²) in [6.07, 6.45) is 0. The molecule has 0 saturated heterocycles. The summed E-state index contributed by atoms with van der Waals surface area (Å²) in [5.74, 6) is 0.756. The maximum absolute atomic E-state index is 5.42. The van der Waals surface area contributed by atoms with Crippen molar-refractivity contribution in [1.82, 2.24) is 9.97 Å². The Hall–Kier alpha value is -6.16. The highest BCUT2D eigenvalue weighted by Crippen LogP contribution is 2.36. The largest absolute Gasteiger partial charge is 0.228 e. The topological polar surface area (TPSA) is 25.8 Å². The Kier molecular flexibility index (Phi) is 7.64. The summed E-state index contributed by atoms with van der Waals surface area (Å²) in [5.41, 5.74) is 15.1. The molecule has 0 amide bonds. The van der Waals surface area contributed by atoms with Gasteiger partial charge in [-0.25, -0.2) is 9.97 Å². The van der Waals surface area contributed by atoms with E-state index in [1.54, 1.807) is 0 Å². The summed E-state index contributed by atoms with van der Waals surface area (Å²) in [5, 5.41) is 2.75. The van der Waals surface area contributed by atoms with Crippen molar-refractivity contribution in [2.75, 3.05) is 0 Å². The molecule has 0 spiro atoms. The van der Waals surface area contributed by atoms with E-state index in [1.165, 1.54) is 54.9 Å². The highest BCUT2D eigenvalue weighted by molar-refractivity contribution is 7.04.